The predicted octanol–water partition coefficient (Wildman–Crippen LogP) is 3.14. The van der Waals surface area contributed by atoms with E-state index in [4.69, 9.17) is 15.5 Å². The second-order valence-corrected chi connectivity index (χ2v) is 11.9. The minimum absolute atomic E-state index is 0.0159. The van der Waals surface area contributed by atoms with Crippen molar-refractivity contribution in [1.29, 1.82) is 0 Å². The maximum atomic E-state index is 13.4. The molecule has 2 saturated heterocycles. The largest absolute Gasteiger partial charge is 0.497 e. The topological polar surface area (TPSA) is 130 Å². The zero-order chi connectivity index (χ0) is 25.3. The molecule has 3 aliphatic rings. The number of nitrogens with two attached hydrogens (primary N) is 1. The summed E-state index contributed by atoms with van der Waals surface area (Å²) in [6, 6.07) is 14.4. The van der Waals surface area contributed by atoms with Crippen LogP contribution in [0.2, 0.25) is 0 Å². The first-order valence-electron chi connectivity index (χ1n) is 12.5. The van der Waals surface area contributed by atoms with Crippen molar-refractivity contribution in [3.05, 3.63) is 54.2 Å². The molecule has 0 amide bonds. The number of nitrogens with zero attached hydrogens (tertiary/aromatic N) is 5. The molecular formula is C26H27N7O3S. The predicted molar refractivity (Wildman–Crippen MR) is 140 cm³/mol. The van der Waals surface area contributed by atoms with Crippen LogP contribution < -0.4 is 15.4 Å². The summed E-state index contributed by atoms with van der Waals surface area (Å²) in [6.07, 6.45) is 3.12. The van der Waals surface area contributed by atoms with E-state index in [1.165, 1.54) is 20.0 Å². The molecule has 0 radical (unpaired) electrons. The van der Waals surface area contributed by atoms with Crippen molar-refractivity contribution in [2.75, 3.05) is 30.8 Å². The average Bonchev–Trinajstić information content (AvgIpc) is 3.31. The summed E-state index contributed by atoms with van der Waals surface area (Å²) in [5, 5.41) is 8.46. The van der Waals surface area contributed by atoms with Crippen molar-refractivity contribution in [1.82, 2.24) is 24.5 Å². The molecule has 11 heteroatoms. The molecular weight excluding hydrogens is 490 g/mol. The molecule has 2 aromatic heterocycles. The van der Waals surface area contributed by atoms with Gasteiger partial charge in [0.05, 0.1) is 28.6 Å². The average molecular weight is 518 g/mol. The van der Waals surface area contributed by atoms with Crippen LogP contribution in [0, 0.1) is 0 Å². The van der Waals surface area contributed by atoms with Gasteiger partial charge in [0.1, 0.15) is 11.6 Å². The van der Waals surface area contributed by atoms with E-state index in [9.17, 15) is 8.42 Å². The van der Waals surface area contributed by atoms with E-state index in [0.29, 0.717) is 36.5 Å². The van der Waals surface area contributed by atoms with Crippen LogP contribution in [0.3, 0.4) is 0 Å². The molecule has 2 bridgehead atoms. The standard InChI is InChI=1S/C26H27N7O3S/c1-36-18-4-2-5-19(11-18)37(34,35)33-14-16-10-17(33)13-32(16)26-28-21-7-3-6-20(24(21)25(27)29-26)23-12-22(30-31-23)15-8-9-15/h2-7,11-12,15-17H,8-10,13-14H2,1H3,(H,30,31)(H2,27,28,29). The lowest BCUT2D eigenvalue weighted by molar-refractivity contribution is 0.366. The van der Waals surface area contributed by atoms with Gasteiger partial charge in [0.25, 0.3) is 0 Å². The van der Waals surface area contributed by atoms with Crippen molar-refractivity contribution in [3.8, 4) is 17.0 Å². The van der Waals surface area contributed by atoms with E-state index in [-0.39, 0.29) is 17.0 Å². The fraction of sp³-hybridized carbons (Fsp3) is 0.346. The highest BCUT2D eigenvalue weighted by molar-refractivity contribution is 7.89. The normalized spacial score (nSPS) is 21.7. The van der Waals surface area contributed by atoms with Crippen LogP contribution >= 0.6 is 0 Å². The van der Waals surface area contributed by atoms with E-state index >= 15 is 0 Å². The summed E-state index contributed by atoms with van der Waals surface area (Å²) < 4.78 is 33.6. The summed E-state index contributed by atoms with van der Waals surface area (Å²) in [4.78, 5) is 11.9. The van der Waals surface area contributed by atoms with Crippen LogP contribution in [-0.4, -0.2) is 65.2 Å². The number of nitrogen functional groups attached to an aromatic ring is 1. The summed E-state index contributed by atoms with van der Waals surface area (Å²) in [7, 11) is -2.11. The highest BCUT2D eigenvalue weighted by Gasteiger charge is 2.49. The number of anilines is 2. The Morgan fingerprint density at radius 1 is 1.05 bits per heavy atom. The van der Waals surface area contributed by atoms with Gasteiger partial charge in [-0.15, -0.1) is 0 Å². The number of H-pyrrole nitrogens is 1. The highest BCUT2D eigenvalue weighted by atomic mass is 32.2. The zero-order valence-electron chi connectivity index (χ0n) is 20.3. The SMILES string of the molecule is COc1cccc(S(=O)(=O)N2CC3CC2CN3c2nc(N)c3c(-c4cc(C5CC5)[nH]n4)cccc3n2)c1. The Balaban J connectivity index is 1.17. The lowest BCUT2D eigenvalue weighted by atomic mass is 10.1. The third-order valence-corrected chi connectivity index (χ3v) is 9.64. The van der Waals surface area contributed by atoms with Crippen molar-refractivity contribution in [2.24, 2.45) is 0 Å². The van der Waals surface area contributed by atoms with Crippen molar-refractivity contribution in [2.45, 2.75) is 42.2 Å². The lowest BCUT2D eigenvalue weighted by Gasteiger charge is -2.33. The molecule has 190 valence electrons. The first kappa shape index (κ1) is 22.5. The molecule has 10 nitrogen and oxygen atoms in total. The number of benzene rings is 2. The fourth-order valence-corrected chi connectivity index (χ4v) is 7.39. The third-order valence-electron chi connectivity index (χ3n) is 7.73. The van der Waals surface area contributed by atoms with E-state index in [1.54, 1.807) is 28.6 Å². The Morgan fingerprint density at radius 2 is 1.89 bits per heavy atom. The maximum absolute atomic E-state index is 13.4. The van der Waals surface area contributed by atoms with E-state index in [1.807, 2.05) is 18.2 Å². The first-order chi connectivity index (χ1) is 17.9. The van der Waals surface area contributed by atoms with Gasteiger partial charge in [0.2, 0.25) is 16.0 Å². The molecule has 4 aromatic rings. The molecule has 3 N–H and O–H groups in total. The molecule has 2 aliphatic heterocycles. The van der Waals surface area contributed by atoms with Gasteiger partial charge in [0, 0.05) is 48.4 Å². The number of ether oxygens (including phenoxy) is 1. The Bertz CT molecular complexity index is 1630. The third kappa shape index (κ3) is 3.64. The number of piperazine rings is 1. The molecule has 4 heterocycles. The van der Waals surface area contributed by atoms with Gasteiger partial charge < -0.3 is 15.4 Å². The Hall–Kier alpha value is -3.70. The summed E-state index contributed by atoms with van der Waals surface area (Å²) in [5.41, 5.74) is 10.2. The quantitative estimate of drug-likeness (QED) is 0.399. The zero-order valence-corrected chi connectivity index (χ0v) is 21.1. The van der Waals surface area contributed by atoms with Crippen LogP contribution in [0.15, 0.2) is 53.4 Å². The van der Waals surface area contributed by atoms with Crippen molar-refractivity contribution >= 4 is 32.7 Å². The van der Waals surface area contributed by atoms with Crippen LogP contribution in [-0.2, 0) is 10.0 Å². The van der Waals surface area contributed by atoms with E-state index in [2.05, 4.69) is 26.1 Å². The number of hydrogen-bond acceptors (Lipinski definition) is 8. The van der Waals surface area contributed by atoms with Crippen LogP contribution in [0.4, 0.5) is 11.8 Å². The van der Waals surface area contributed by atoms with Crippen LogP contribution in [0.25, 0.3) is 22.2 Å². The number of aromatic nitrogens is 4. The second kappa shape index (κ2) is 8.15. The summed E-state index contributed by atoms with van der Waals surface area (Å²) in [5.74, 6) is 2.03. The van der Waals surface area contributed by atoms with Crippen molar-refractivity contribution in [3.63, 3.8) is 0 Å². The first-order valence-corrected chi connectivity index (χ1v) is 13.9. The highest BCUT2D eigenvalue weighted by Crippen LogP contribution is 2.42. The van der Waals surface area contributed by atoms with Gasteiger partial charge in [-0.1, -0.05) is 18.2 Å². The van der Waals surface area contributed by atoms with Gasteiger partial charge in [-0.2, -0.15) is 14.4 Å². The summed E-state index contributed by atoms with van der Waals surface area (Å²) >= 11 is 0. The second-order valence-electron chi connectivity index (χ2n) is 10.0. The van der Waals surface area contributed by atoms with Crippen LogP contribution in [0.1, 0.15) is 30.9 Å². The van der Waals surface area contributed by atoms with Gasteiger partial charge in [-0.05, 0) is 43.5 Å². The van der Waals surface area contributed by atoms with Gasteiger partial charge >= 0.3 is 0 Å². The number of sulfonamides is 1. The van der Waals surface area contributed by atoms with Crippen molar-refractivity contribution < 1.29 is 13.2 Å². The van der Waals surface area contributed by atoms with E-state index < -0.39 is 10.0 Å². The number of hydrogen-bond donors (Lipinski definition) is 2. The molecule has 2 unspecified atom stereocenters. The minimum Gasteiger partial charge on any atom is -0.497 e. The number of nitrogens with one attached hydrogen (secondary N) is 1. The lowest BCUT2D eigenvalue weighted by Crippen LogP contribution is -2.49. The number of methoxy groups -OCH3 is 1. The minimum atomic E-state index is -3.64. The van der Waals surface area contributed by atoms with Gasteiger partial charge in [-0.25, -0.2) is 13.4 Å². The molecule has 1 aliphatic carbocycles. The number of aromatic amines is 1. The molecule has 7 rings (SSSR count). The Morgan fingerprint density at radius 3 is 2.65 bits per heavy atom. The van der Waals surface area contributed by atoms with Gasteiger partial charge in [-0.3, -0.25) is 5.10 Å². The Kier molecular flexibility index (Phi) is 4.96. The number of fused-ring (bicyclic) bond motifs is 3. The molecule has 1 saturated carbocycles. The van der Waals surface area contributed by atoms with Gasteiger partial charge in [0.15, 0.2) is 0 Å². The smallest absolute Gasteiger partial charge is 0.243 e. The monoisotopic (exact) mass is 517 g/mol. The molecule has 2 atom stereocenters. The summed E-state index contributed by atoms with van der Waals surface area (Å²) in [6.45, 7) is 0.894. The van der Waals surface area contributed by atoms with E-state index in [0.717, 1.165) is 34.3 Å². The molecule has 3 fully saturated rings. The molecule has 2 aromatic carbocycles. The maximum Gasteiger partial charge on any atom is 0.243 e. The number of rotatable bonds is 6. The Labute approximate surface area is 214 Å². The molecule has 0 spiro atoms. The fourth-order valence-electron chi connectivity index (χ4n) is 5.69. The van der Waals surface area contributed by atoms with Crippen LogP contribution in [0.5, 0.6) is 5.75 Å². The molecule has 37 heavy (non-hydrogen) atoms.